The van der Waals surface area contributed by atoms with Crippen molar-refractivity contribution < 1.29 is 9.90 Å². The van der Waals surface area contributed by atoms with Crippen molar-refractivity contribution in [2.45, 2.75) is 6.42 Å². The highest BCUT2D eigenvalue weighted by molar-refractivity contribution is 7.80. The van der Waals surface area contributed by atoms with Crippen LogP contribution in [0, 0.1) is 11.8 Å². The third kappa shape index (κ3) is 3.09. The second kappa shape index (κ2) is 4.90. The van der Waals surface area contributed by atoms with Crippen LogP contribution in [0.5, 0.6) is 0 Å². The number of aromatic nitrogens is 1. The lowest BCUT2D eigenvalue weighted by Crippen LogP contribution is -1.95. The Labute approximate surface area is 85.2 Å². The molecule has 0 fully saturated rings. The number of hydrogen-bond acceptors (Lipinski definition) is 4. The molecule has 0 spiro atoms. The van der Waals surface area contributed by atoms with Crippen molar-refractivity contribution in [3.05, 3.63) is 16.1 Å². The molecule has 0 unspecified atom stereocenters. The van der Waals surface area contributed by atoms with Crippen LogP contribution in [0.2, 0.25) is 0 Å². The number of rotatable bonds is 2. The number of aromatic carboxylic acids is 1. The van der Waals surface area contributed by atoms with E-state index >= 15 is 0 Å². The molecule has 1 N–H and O–H groups in total. The minimum atomic E-state index is -1.02. The largest absolute Gasteiger partial charge is 0.476 e. The van der Waals surface area contributed by atoms with Crippen LogP contribution >= 0.6 is 24.0 Å². The zero-order valence-corrected chi connectivity index (χ0v) is 8.36. The van der Waals surface area contributed by atoms with Gasteiger partial charge in [0.1, 0.15) is 0 Å². The fraction of sp³-hybridized carbons (Fsp3) is 0.250. The molecule has 0 bridgehead atoms. The molecule has 0 aromatic carbocycles. The Morgan fingerprint density at radius 3 is 3.08 bits per heavy atom. The maximum atomic E-state index is 10.4. The van der Waals surface area contributed by atoms with E-state index in [2.05, 4.69) is 29.5 Å². The van der Waals surface area contributed by atoms with Crippen LogP contribution in [0.4, 0.5) is 0 Å². The minimum Gasteiger partial charge on any atom is -0.476 e. The SMILES string of the molecule is O=C(O)c1csc(C#CCCS)n1. The second-order valence-electron chi connectivity index (χ2n) is 2.12. The Bertz CT molecular complexity index is 362. The summed E-state index contributed by atoms with van der Waals surface area (Å²) >= 11 is 5.23. The summed E-state index contributed by atoms with van der Waals surface area (Å²) in [5.74, 6) is 5.28. The molecular formula is C8H7NO2S2. The summed E-state index contributed by atoms with van der Waals surface area (Å²) in [5, 5.41) is 10.6. The van der Waals surface area contributed by atoms with Gasteiger partial charge in [-0.15, -0.1) is 11.3 Å². The number of thiazole rings is 1. The predicted octanol–water partition coefficient (Wildman–Crippen LogP) is 1.51. The van der Waals surface area contributed by atoms with Crippen molar-refractivity contribution in [1.29, 1.82) is 0 Å². The molecular weight excluding hydrogens is 206 g/mol. The van der Waals surface area contributed by atoms with Gasteiger partial charge in [-0.05, 0) is 5.92 Å². The first-order valence-electron chi connectivity index (χ1n) is 3.52. The number of hydrogen-bond donors (Lipinski definition) is 2. The summed E-state index contributed by atoms with van der Waals surface area (Å²) in [5.41, 5.74) is 0.0557. The summed E-state index contributed by atoms with van der Waals surface area (Å²) in [6.07, 6.45) is 0.686. The molecule has 0 aliphatic heterocycles. The monoisotopic (exact) mass is 213 g/mol. The normalized spacial score (nSPS) is 9.00. The number of carboxylic acid groups (broad SMARTS) is 1. The zero-order chi connectivity index (χ0) is 9.68. The van der Waals surface area contributed by atoms with Gasteiger partial charge >= 0.3 is 5.97 Å². The predicted molar refractivity (Wildman–Crippen MR) is 54.4 cm³/mol. The van der Waals surface area contributed by atoms with Gasteiger partial charge in [0.05, 0.1) is 0 Å². The molecule has 0 aliphatic rings. The second-order valence-corrected chi connectivity index (χ2v) is 3.42. The number of carboxylic acids is 1. The fourth-order valence-corrected chi connectivity index (χ4v) is 1.39. The average molecular weight is 213 g/mol. The topological polar surface area (TPSA) is 50.2 Å². The van der Waals surface area contributed by atoms with Crippen LogP contribution in [-0.2, 0) is 0 Å². The zero-order valence-electron chi connectivity index (χ0n) is 6.65. The van der Waals surface area contributed by atoms with Crippen LogP contribution in [-0.4, -0.2) is 21.8 Å². The first-order valence-corrected chi connectivity index (χ1v) is 5.04. The Hall–Kier alpha value is -0.990. The van der Waals surface area contributed by atoms with Gasteiger partial charge in [0.2, 0.25) is 0 Å². The maximum absolute atomic E-state index is 10.4. The van der Waals surface area contributed by atoms with Gasteiger partial charge in [-0.25, -0.2) is 9.78 Å². The summed E-state index contributed by atoms with van der Waals surface area (Å²) in [7, 11) is 0. The Morgan fingerprint density at radius 2 is 2.54 bits per heavy atom. The van der Waals surface area contributed by atoms with E-state index in [-0.39, 0.29) is 5.69 Å². The average Bonchev–Trinajstić information content (AvgIpc) is 2.53. The molecule has 5 heteroatoms. The van der Waals surface area contributed by atoms with E-state index in [4.69, 9.17) is 5.11 Å². The van der Waals surface area contributed by atoms with Crippen LogP contribution in [0.25, 0.3) is 0 Å². The number of thiol groups is 1. The standard InChI is InChI=1S/C8H7NO2S2/c10-8(11)6-5-13-7(9-6)3-1-2-4-12/h5,12H,2,4H2,(H,10,11). The molecule has 0 saturated heterocycles. The molecule has 1 aromatic heterocycles. The summed E-state index contributed by atoms with van der Waals surface area (Å²) < 4.78 is 0. The molecule has 0 saturated carbocycles. The molecule has 68 valence electrons. The summed E-state index contributed by atoms with van der Waals surface area (Å²) in [4.78, 5) is 14.2. The molecule has 0 atom stereocenters. The van der Waals surface area contributed by atoms with E-state index in [9.17, 15) is 4.79 Å². The minimum absolute atomic E-state index is 0.0557. The van der Waals surface area contributed by atoms with E-state index in [1.165, 1.54) is 16.7 Å². The highest BCUT2D eigenvalue weighted by atomic mass is 32.1. The van der Waals surface area contributed by atoms with Gasteiger partial charge in [0.15, 0.2) is 10.7 Å². The Kier molecular flexibility index (Phi) is 3.80. The molecule has 0 radical (unpaired) electrons. The fourth-order valence-electron chi connectivity index (χ4n) is 0.623. The van der Waals surface area contributed by atoms with Gasteiger partial charge < -0.3 is 5.11 Å². The Balaban J connectivity index is 2.71. The van der Waals surface area contributed by atoms with Crippen molar-refractivity contribution in [2.24, 2.45) is 0 Å². The van der Waals surface area contributed by atoms with Gasteiger partial charge in [0, 0.05) is 17.6 Å². The lowest BCUT2D eigenvalue weighted by atomic mass is 10.4. The summed E-state index contributed by atoms with van der Waals surface area (Å²) in [6.45, 7) is 0. The van der Waals surface area contributed by atoms with Crippen LogP contribution in [0.1, 0.15) is 21.9 Å². The van der Waals surface area contributed by atoms with Crippen molar-refractivity contribution >= 4 is 29.9 Å². The molecule has 1 heterocycles. The van der Waals surface area contributed by atoms with E-state index in [0.717, 1.165) is 0 Å². The van der Waals surface area contributed by atoms with E-state index < -0.39 is 5.97 Å². The number of nitrogens with zero attached hydrogens (tertiary/aromatic N) is 1. The van der Waals surface area contributed by atoms with E-state index in [1.54, 1.807) is 0 Å². The third-order valence-corrected chi connectivity index (χ3v) is 2.14. The highest BCUT2D eigenvalue weighted by Gasteiger charge is 2.06. The molecule has 0 aliphatic carbocycles. The first kappa shape index (κ1) is 10.1. The van der Waals surface area contributed by atoms with Crippen LogP contribution < -0.4 is 0 Å². The first-order chi connectivity index (χ1) is 6.24. The lowest BCUT2D eigenvalue weighted by Gasteiger charge is -1.80. The van der Waals surface area contributed by atoms with Gasteiger partial charge in [-0.2, -0.15) is 12.6 Å². The molecule has 1 aromatic rings. The lowest BCUT2D eigenvalue weighted by molar-refractivity contribution is 0.0691. The van der Waals surface area contributed by atoms with E-state index in [1.807, 2.05) is 0 Å². The molecule has 1 rings (SSSR count). The maximum Gasteiger partial charge on any atom is 0.355 e. The quantitative estimate of drug-likeness (QED) is 0.578. The third-order valence-electron chi connectivity index (χ3n) is 1.16. The smallest absolute Gasteiger partial charge is 0.355 e. The van der Waals surface area contributed by atoms with Gasteiger partial charge in [-0.1, -0.05) is 5.92 Å². The summed E-state index contributed by atoms with van der Waals surface area (Å²) in [6, 6.07) is 0. The van der Waals surface area contributed by atoms with Crippen LogP contribution in [0.3, 0.4) is 0 Å². The highest BCUT2D eigenvalue weighted by Crippen LogP contribution is 2.07. The van der Waals surface area contributed by atoms with Crippen molar-refractivity contribution in [1.82, 2.24) is 4.98 Å². The van der Waals surface area contributed by atoms with Crippen molar-refractivity contribution in [2.75, 3.05) is 5.75 Å². The molecule has 0 amide bonds. The van der Waals surface area contributed by atoms with Crippen molar-refractivity contribution in [3.8, 4) is 11.8 Å². The molecule has 3 nitrogen and oxygen atoms in total. The van der Waals surface area contributed by atoms with Crippen LogP contribution in [0.15, 0.2) is 5.38 Å². The van der Waals surface area contributed by atoms with Crippen molar-refractivity contribution in [3.63, 3.8) is 0 Å². The number of carbonyl (C=O) groups is 1. The van der Waals surface area contributed by atoms with Gasteiger partial charge in [-0.3, -0.25) is 0 Å². The van der Waals surface area contributed by atoms with Gasteiger partial charge in [0.25, 0.3) is 0 Å². The molecule has 13 heavy (non-hydrogen) atoms. The van der Waals surface area contributed by atoms with E-state index in [0.29, 0.717) is 17.2 Å². The Morgan fingerprint density at radius 1 is 1.77 bits per heavy atom.